The number of carbonyl (C=O) groups is 1. The smallest absolute Gasteiger partial charge is 0.490 e. The van der Waals surface area contributed by atoms with Crippen molar-refractivity contribution in [3.63, 3.8) is 0 Å². The lowest BCUT2D eigenvalue weighted by atomic mass is 9.96. The summed E-state index contributed by atoms with van der Waals surface area (Å²) in [4.78, 5) is 11.3. The summed E-state index contributed by atoms with van der Waals surface area (Å²) in [5.74, 6) is -2.09. The molecule has 1 saturated heterocycles. The molecule has 3 aromatic heterocycles. The molecule has 0 saturated carbocycles. The number of hydrogen-bond donors (Lipinski definition) is 2. The molecule has 36 heavy (non-hydrogen) atoms. The largest absolute Gasteiger partial charge is 0.507 e. The fourth-order valence-electron chi connectivity index (χ4n) is 3.95. The van der Waals surface area contributed by atoms with Gasteiger partial charge in [0.05, 0.1) is 22.6 Å². The molecule has 2 N–H and O–H groups in total. The molecule has 4 aromatic rings. The molecule has 0 bridgehead atoms. The summed E-state index contributed by atoms with van der Waals surface area (Å²) in [5.41, 5.74) is 6.40. The Morgan fingerprint density at radius 2 is 1.75 bits per heavy atom. The molecule has 1 aliphatic heterocycles. The quantitative estimate of drug-likeness (QED) is 0.425. The Labute approximate surface area is 204 Å². The van der Waals surface area contributed by atoms with Gasteiger partial charge < -0.3 is 15.1 Å². The van der Waals surface area contributed by atoms with E-state index < -0.39 is 12.1 Å². The predicted molar refractivity (Wildman–Crippen MR) is 127 cm³/mol. The van der Waals surface area contributed by atoms with E-state index in [1.807, 2.05) is 54.0 Å². The number of aryl methyl sites for hydroxylation is 1. The number of fused-ring (bicyclic) bond motifs is 1. The fourth-order valence-corrected chi connectivity index (χ4v) is 3.95. The zero-order valence-electron chi connectivity index (χ0n) is 19.6. The van der Waals surface area contributed by atoms with Crippen LogP contribution in [0.25, 0.3) is 27.9 Å². The van der Waals surface area contributed by atoms with Gasteiger partial charge in [-0.1, -0.05) is 13.0 Å². The van der Waals surface area contributed by atoms with Crippen molar-refractivity contribution >= 4 is 11.5 Å². The molecule has 11 heteroatoms. The first-order valence-electron chi connectivity index (χ1n) is 11.2. The van der Waals surface area contributed by atoms with Crippen molar-refractivity contribution in [1.82, 2.24) is 24.7 Å². The van der Waals surface area contributed by atoms with E-state index in [0.717, 1.165) is 47.7 Å². The van der Waals surface area contributed by atoms with Gasteiger partial charge in [-0.25, -0.2) is 9.31 Å². The van der Waals surface area contributed by atoms with Crippen LogP contribution in [-0.4, -0.2) is 66.7 Å². The van der Waals surface area contributed by atoms with Gasteiger partial charge in [-0.2, -0.15) is 28.5 Å². The number of pyridine rings is 1. The minimum absolute atomic E-state index is 0.204. The Bertz CT molecular complexity index is 1380. The van der Waals surface area contributed by atoms with Crippen LogP contribution < -0.4 is 0 Å². The summed E-state index contributed by atoms with van der Waals surface area (Å²) in [6.07, 6.45) is -3.15. The minimum Gasteiger partial charge on any atom is -0.507 e. The maximum atomic E-state index is 10.6. The van der Waals surface area contributed by atoms with E-state index in [-0.39, 0.29) is 5.75 Å². The first kappa shape index (κ1) is 25.1. The summed E-state index contributed by atoms with van der Waals surface area (Å²) >= 11 is 0. The van der Waals surface area contributed by atoms with Gasteiger partial charge in [-0.05, 0) is 67.1 Å². The van der Waals surface area contributed by atoms with E-state index in [2.05, 4.69) is 33.2 Å². The van der Waals surface area contributed by atoms with E-state index >= 15 is 0 Å². The number of aliphatic carboxylic acids is 1. The van der Waals surface area contributed by atoms with Crippen molar-refractivity contribution in [1.29, 1.82) is 0 Å². The number of carboxylic acid groups (broad SMARTS) is 1. The van der Waals surface area contributed by atoms with Crippen molar-refractivity contribution < 1.29 is 28.2 Å². The second-order valence-corrected chi connectivity index (χ2v) is 8.50. The summed E-state index contributed by atoms with van der Waals surface area (Å²) in [6, 6.07) is 15.8. The zero-order chi connectivity index (χ0) is 26.0. The third kappa shape index (κ3) is 5.46. The molecule has 0 unspecified atom stereocenters. The molecule has 0 spiro atoms. The Kier molecular flexibility index (Phi) is 6.93. The third-order valence-corrected chi connectivity index (χ3v) is 5.94. The molecule has 0 radical (unpaired) electrons. The van der Waals surface area contributed by atoms with Crippen LogP contribution in [0.5, 0.6) is 5.75 Å². The Hall–Kier alpha value is -3.99. The molecular weight excluding hydrogens is 475 g/mol. The lowest BCUT2D eigenvalue weighted by Gasteiger charge is -2.37. The normalized spacial score (nSPS) is 14.2. The number of carboxylic acids is 1. The fraction of sp³-hybridized carbons (Fsp3) is 0.280. The number of alkyl halides is 3. The highest BCUT2D eigenvalue weighted by Gasteiger charge is 2.38. The van der Waals surface area contributed by atoms with Gasteiger partial charge in [-0.15, -0.1) is 0 Å². The second-order valence-electron chi connectivity index (χ2n) is 8.50. The molecule has 5 rings (SSSR count). The molecule has 1 aliphatic rings. The number of phenolic OH excluding ortho intramolecular Hbond substituents is 1. The van der Waals surface area contributed by atoms with Gasteiger partial charge in [0.15, 0.2) is 0 Å². The van der Waals surface area contributed by atoms with E-state index in [0.29, 0.717) is 17.2 Å². The number of phenols is 1. The lowest BCUT2D eigenvalue weighted by Crippen LogP contribution is -2.44. The molecule has 0 amide bonds. The predicted octanol–water partition coefficient (Wildman–Crippen LogP) is 4.52. The number of nitrogens with zero attached hydrogens (tertiary/aromatic N) is 5. The van der Waals surface area contributed by atoms with Gasteiger partial charge in [0, 0.05) is 30.8 Å². The molecule has 1 aromatic carbocycles. The van der Waals surface area contributed by atoms with Crippen molar-refractivity contribution in [2.75, 3.05) is 19.6 Å². The van der Waals surface area contributed by atoms with Crippen molar-refractivity contribution in [3.8, 4) is 28.1 Å². The summed E-state index contributed by atoms with van der Waals surface area (Å²) in [7, 11) is 0. The van der Waals surface area contributed by atoms with Crippen LogP contribution in [0.4, 0.5) is 13.2 Å². The zero-order valence-corrected chi connectivity index (χ0v) is 19.6. The number of halogens is 3. The van der Waals surface area contributed by atoms with E-state index in [1.54, 1.807) is 6.07 Å². The van der Waals surface area contributed by atoms with Crippen molar-refractivity contribution in [2.45, 2.75) is 25.9 Å². The topological polar surface area (TPSA) is 104 Å². The first-order valence-corrected chi connectivity index (χ1v) is 11.2. The number of aromatic nitrogens is 4. The number of rotatable bonds is 4. The second kappa shape index (κ2) is 9.94. The van der Waals surface area contributed by atoms with E-state index in [9.17, 15) is 18.3 Å². The average Bonchev–Trinajstić information content (AvgIpc) is 3.18. The maximum Gasteiger partial charge on any atom is 0.490 e. The standard InChI is InChI=1S/C23H23N5O.C2HF3O2/c1-3-27-13-18(14-27)21-6-7-22(25-24-21)20-5-4-16(12-23(20)29)17-8-9-28-19(11-17)10-15(2)26-28;3-2(4,5)1(6)7/h4-12,18,29H,3,13-14H2,1-2H3;(H,6,7). The van der Waals surface area contributed by atoms with Crippen LogP contribution >= 0.6 is 0 Å². The highest BCUT2D eigenvalue weighted by molar-refractivity contribution is 5.76. The highest BCUT2D eigenvalue weighted by Crippen LogP contribution is 2.33. The van der Waals surface area contributed by atoms with Gasteiger partial charge in [0.1, 0.15) is 5.75 Å². The van der Waals surface area contributed by atoms with E-state index in [1.165, 1.54) is 0 Å². The Morgan fingerprint density at radius 1 is 1.06 bits per heavy atom. The Morgan fingerprint density at radius 3 is 2.33 bits per heavy atom. The van der Waals surface area contributed by atoms with E-state index in [4.69, 9.17) is 9.90 Å². The number of hydrogen-bond acceptors (Lipinski definition) is 6. The number of likely N-dealkylation sites (N-methyl/N-ethyl adjacent to an activating group) is 1. The minimum atomic E-state index is -5.08. The summed E-state index contributed by atoms with van der Waals surface area (Å²) in [5, 5.41) is 30.9. The van der Waals surface area contributed by atoms with Crippen LogP contribution in [-0.2, 0) is 4.79 Å². The third-order valence-electron chi connectivity index (χ3n) is 5.94. The molecule has 0 aliphatic carbocycles. The van der Waals surface area contributed by atoms with Crippen molar-refractivity contribution in [2.24, 2.45) is 0 Å². The number of likely N-dealkylation sites (tertiary alicyclic amines) is 1. The molecule has 4 heterocycles. The SMILES string of the molecule is CCN1CC(c2ccc(-c3ccc(-c4ccn5nc(C)cc5c4)cc3O)nn2)C1.O=C(O)C(F)(F)F. The van der Waals surface area contributed by atoms with Gasteiger partial charge in [-0.3, -0.25) is 0 Å². The van der Waals surface area contributed by atoms with Crippen LogP contribution in [0.2, 0.25) is 0 Å². The monoisotopic (exact) mass is 499 g/mol. The highest BCUT2D eigenvalue weighted by atomic mass is 19.4. The Balaban J connectivity index is 0.000000384. The molecule has 0 atom stereocenters. The lowest BCUT2D eigenvalue weighted by molar-refractivity contribution is -0.192. The molecule has 1 fully saturated rings. The number of aromatic hydroxyl groups is 1. The van der Waals surface area contributed by atoms with Gasteiger partial charge in [0.25, 0.3) is 0 Å². The first-order chi connectivity index (χ1) is 17.0. The van der Waals surface area contributed by atoms with Gasteiger partial charge in [0.2, 0.25) is 0 Å². The van der Waals surface area contributed by atoms with Crippen LogP contribution in [0.1, 0.15) is 24.2 Å². The maximum absolute atomic E-state index is 10.6. The van der Waals surface area contributed by atoms with Crippen molar-refractivity contribution in [3.05, 3.63) is 66.1 Å². The summed E-state index contributed by atoms with van der Waals surface area (Å²) in [6.45, 7) is 7.32. The molecular formula is C25H24F3N5O3. The van der Waals surface area contributed by atoms with Crippen LogP contribution in [0, 0.1) is 6.92 Å². The summed E-state index contributed by atoms with van der Waals surface area (Å²) < 4.78 is 33.6. The molecule has 8 nitrogen and oxygen atoms in total. The van der Waals surface area contributed by atoms with Crippen LogP contribution in [0.15, 0.2) is 54.7 Å². The van der Waals surface area contributed by atoms with Gasteiger partial charge >= 0.3 is 12.1 Å². The average molecular weight is 499 g/mol. The van der Waals surface area contributed by atoms with Crippen LogP contribution in [0.3, 0.4) is 0 Å². The molecule has 188 valence electrons. The number of benzene rings is 1.